The molecule has 11 nitrogen and oxygen atoms in total. The van der Waals surface area contributed by atoms with Crippen LogP contribution in [0.25, 0.3) is 0 Å². The van der Waals surface area contributed by atoms with Gasteiger partial charge in [0.1, 0.15) is 17.6 Å². The number of hydrogen-bond donors (Lipinski definition) is 2. The van der Waals surface area contributed by atoms with E-state index in [9.17, 15) is 32.3 Å². The molecule has 1 aliphatic rings. The molecule has 2 unspecified atom stereocenters. The van der Waals surface area contributed by atoms with E-state index in [4.69, 9.17) is 14.2 Å². The molecule has 2 N–H and O–H groups in total. The van der Waals surface area contributed by atoms with E-state index in [1.807, 2.05) is 30.3 Å². The van der Waals surface area contributed by atoms with Crippen molar-refractivity contribution >= 4 is 28.1 Å². The van der Waals surface area contributed by atoms with Gasteiger partial charge in [0.15, 0.2) is 5.60 Å². The number of rotatable bonds is 12. The lowest BCUT2D eigenvalue weighted by molar-refractivity contribution is -0.169. The quantitative estimate of drug-likeness (QED) is 0.224. The molecule has 44 heavy (non-hydrogen) atoms. The van der Waals surface area contributed by atoms with Crippen LogP contribution in [0.3, 0.4) is 0 Å². The van der Waals surface area contributed by atoms with Crippen molar-refractivity contribution in [3.05, 3.63) is 95.8 Å². The topological polar surface area (TPSA) is 149 Å². The van der Waals surface area contributed by atoms with Gasteiger partial charge < -0.3 is 24.6 Å². The largest absolute Gasteiger partial charge is 0.480 e. The summed E-state index contributed by atoms with van der Waals surface area (Å²) in [5.74, 6) is -2.47. The van der Waals surface area contributed by atoms with E-state index in [0.29, 0.717) is 11.3 Å². The Balaban J connectivity index is 1.46. The highest BCUT2D eigenvalue weighted by Crippen LogP contribution is 2.40. The fraction of sp³-hybridized carbons (Fsp3) is 0.323. The number of carbonyl (C=O) groups is 3. The number of amides is 1. The summed E-state index contributed by atoms with van der Waals surface area (Å²) >= 11 is 0. The average molecular weight is 629 g/mol. The minimum Gasteiger partial charge on any atom is -0.480 e. The van der Waals surface area contributed by atoms with Gasteiger partial charge in [-0.3, -0.25) is 4.79 Å². The zero-order chi connectivity index (χ0) is 32.1. The summed E-state index contributed by atoms with van der Waals surface area (Å²) < 4.78 is 58.0. The number of alkyl carbamates (subject to hydrolysis) is 1. The number of carboxylic acids is 1. The van der Waals surface area contributed by atoms with Crippen molar-refractivity contribution in [2.24, 2.45) is 5.92 Å². The van der Waals surface area contributed by atoms with Crippen LogP contribution in [0.15, 0.2) is 83.8 Å². The Morgan fingerprint density at radius 1 is 0.955 bits per heavy atom. The fourth-order valence-electron chi connectivity index (χ4n) is 4.54. The van der Waals surface area contributed by atoms with E-state index in [1.54, 1.807) is 13.8 Å². The summed E-state index contributed by atoms with van der Waals surface area (Å²) in [5, 5.41) is 11.9. The maximum Gasteiger partial charge on any atom is 0.410 e. The molecule has 234 valence electrons. The van der Waals surface area contributed by atoms with Crippen molar-refractivity contribution in [1.29, 1.82) is 0 Å². The zero-order valence-corrected chi connectivity index (χ0v) is 25.1. The van der Waals surface area contributed by atoms with Crippen LogP contribution in [0, 0.1) is 11.7 Å². The lowest BCUT2D eigenvalue weighted by atomic mass is 9.87. The summed E-state index contributed by atoms with van der Waals surface area (Å²) in [7, 11) is -4.03. The van der Waals surface area contributed by atoms with Crippen molar-refractivity contribution in [3.8, 4) is 5.75 Å². The second kappa shape index (κ2) is 13.4. The van der Waals surface area contributed by atoms with Gasteiger partial charge in [0.05, 0.1) is 23.9 Å². The molecule has 0 spiro atoms. The number of aliphatic carboxylic acids is 1. The standard InChI is InChI=1S/C31H33FN2O9S/c1-20(2)29(37)41-21(3)42-30(38)33-27(28(35)36)17-22-8-7-11-26(16-22)44(39,40)34-18-31(19-34,23-9-5-4-6-10-23)43-25-14-12-24(32)13-15-25/h4-16,20-21,27H,17-19H2,1-3H3,(H,33,38)(H,35,36). The SMILES string of the molecule is CC(OC(=O)NC(Cc1cccc(S(=O)(=O)N2CC(Oc3ccc(F)cc3)(c3ccccc3)C2)c1)C(=O)O)OC(=O)C(C)C. The second-order valence-electron chi connectivity index (χ2n) is 10.6. The normalized spacial score (nSPS) is 15.8. The van der Waals surface area contributed by atoms with Crippen LogP contribution in [0.2, 0.25) is 0 Å². The molecule has 1 heterocycles. The second-order valence-corrected chi connectivity index (χ2v) is 12.6. The lowest BCUT2D eigenvalue weighted by Crippen LogP contribution is -2.64. The van der Waals surface area contributed by atoms with Crippen LogP contribution in [-0.4, -0.2) is 61.3 Å². The van der Waals surface area contributed by atoms with Gasteiger partial charge in [0.2, 0.25) is 16.3 Å². The Labute approximate surface area is 254 Å². The molecule has 1 aliphatic heterocycles. The number of benzene rings is 3. The number of halogens is 1. The molecule has 0 bridgehead atoms. The zero-order valence-electron chi connectivity index (χ0n) is 24.3. The fourth-order valence-corrected chi connectivity index (χ4v) is 6.14. The third kappa shape index (κ3) is 7.71. The first-order valence-electron chi connectivity index (χ1n) is 13.8. The molecule has 3 aromatic rings. The Morgan fingerprint density at radius 3 is 2.23 bits per heavy atom. The van der Waals surface area contributed by atoms with Crippen LogP contribution in [0.4, 0.5) is 9.18 Å². The van der Waals surface area contributed by atoms with Crippen molar-refractivity contribution in [3.63, 3.8) is 0 Å². The van der Waals surface area contributed by atoms with E-state index >= 15 is 0 Å². The van der Waals surface area contributed by atoms with E-state index < -0.39 is 57.7 Å². The molecule has 4 rings (SSSR count). The van der Waals surface area contributed by atoms with Gasteiger partial charge in [0.25, 0.3) is 0 Å². The van der Waals surface area contributed by atoms with Crippen molar-refractivity contribution < 1.29 is 46.5 Å². The Hall–Kier alpha value is -4.49. The number of esters is 1. The lowest BCUT2D eigenvalue weighted by Gasteiger charge is -2.48. The minimum atomic E-state index is -4.03. The number of ether oxygens (including phenoxy) is 3. The maximum absolute atomic E-state index is 13.6. The minimum absolute atomic E-state index is 0.0222. The van der Waals surface area contributed by atoms with Crippen LogP contribution < -0.4 is 10.1 Å². The van der Waals surface area contributed by atoms with Gasteiger partial charge in [0, 0.05) is 13.3 Å². The van der Waals surface area contributed by atoms with Gasteiger partial charge >= 0.3 is 18.0 Å². The molecule has 0 radical (unpaired) electrons. The van der Waals surface area contributed by atoms with Gasteiger partial charge in [-0.15, -0.1) is 0 Å². The molecule has 13 heteroatoms. The molecule has 1 saturated heterocycles. The highest BCUT2D eigenvalue weighted by molar-refractivity contribution is 7.89. The predicted octanol–water partition coefficient (Wildman–Crippen LogP) is 4.07. The van der Waals surface area contributed by atoms with E-state index in [1.165, 1.54) is 59.8 Å². The van der Waals surface area contributed by atoms with Crippen molar-refractivity contribution in [2.75, 3.05) is 13.1 Å². The number of sulfonamides is 1. The van der Waals surface area contributed by atoms with E-state index in [-0.39, 0.29) is 24.4 Å². The average Bonchev–Trinajstić information content (AvgIpc) is 2.95. The van der Waals surface area contributed by atoms with E-state index in [2.05, 4.69) is 5.32 Å². The Kier molecular flexibility index (Phi) is 9.90. The third-order valence-electron chi connectivity index (χ3n) is 6.88. The van der Waals surface area contributed by atoms with Crippen molar-refractivity contribution in [1.82, 2.24) is 9.62 Å². The maximum atomic E-state index is 13.6. The molecule has 3 aromatic carbocycles. The smallest absolute Gasteiger partial charge is 0.410 e. The number of hydrogen-bond acceptors (Lipinski definition) is 8. The molecule has 1 fully saturated rings. The first-order chi connectivity index (χ1) is 20.8. The highest BCUT2D eigenvalue weighted by Gasteiger charge is 2.52. The number of nitrogens with zero attached hydrogens (tertiary/aromatic N) is 1. The molecule has 0 aromatic heterocycles. The summed E-state index contributed by atoms with van der Waals surface area (Å²) in [5.41, 5.74) is 0.0684. The number of nitrogens with one attached hydrogen (secondary N) is 1. The first kappa shape index (κ1) is 32.4. The molecule has 1 amide bonds. The Bertz CT molecular complexity index is 1590. The molecule has 0 saturated carbocycles. The van der Waals surface area contributed by atoms with E-state index in [0.717, 1.165) is 5.56 Å². The summed E-state index contributed by atoms with van der Waals surface area (Å²) in [6.07, 6.45) is -2.63. The predicted molar refractivity (Wildman–Crippen MR) is 155 cm³/mol. The Morgan fingerprint density at radius 2 is 1.61 bits per heavy atom. The van der Waals surface area contributed by atoms with Crippen LogP contribution >= 0.6 is 0 Å². The number of carbonyl (C=O) groups excluding carboxylic acids is 2. The molecular formula is C31H33FN2O9S. The van der Waals surface area contributed by atoms with Gasteiger partial charge in [-0.2, -0.15) is 4.31 Å². The molecular weight excluding hydrogens is 595 g/mol. The van der Waals surface area contributed by atoms with Gasteiger partial charge in [-0.25, -0.2) is 22.4 Å². The monoisotopic (exact) mass is 628 g/mol. The summed E-state index contributed by atoms with van der Waals surface area (Å²) in [4.78, 5) is 35.8. The first-order valence-corrected chi connectivity index (χ1v) is 15.2. The third-order valence-corrected chi connectivity index (χ3v) is 8.67. The summed E-state index contributed by atoms with van der Waals surface area (Å²) in [6.45, 7) is 4.48. The number of carboxylic acid groups (broad SMARTS) is 1. The highest BCUT2D eigenvalue weighted by atomic mass is 32.2. The van der Waals surface area contributed by atoms with Gasteiger partial charge in [-0.05, 0) is 47.5 Å². The van der Waals surface area contributed by atoms with Gasteiger partial charge in [-0.1, -0.05) is 56.3 Å². The molecule has 0 aliphatic carbocycles. The van der Waals surface area contributed by atoms with Crippen LogP contribution in [0.1, 0.15) is 31.9 Å². The molecule has 2 atom stereocenters. The van der Waals surface area contributed by atoms with Crippen LogP contribution in [-0.2, 0) is 41.1 Å². The van der Waals surface area contributed by atoms with Crippen molar-refractivity contribution in [2.45, 2.75) is 50.0 Å². The van der Waals surface area contributed by atoms with Crippen LogP contribution in [0.5, 0.6) is 5.75 Å². The summed E-state index contributed by atoms with van der Waals surface area (Å²) in [6, 6.07) is 18.9.